The minimum atomic E-state index is 0.0507. The highest BCUT2D eigenvalue weighted by Gasteiger charge is 2.43. The van der Waals surface area contributed by atoms with Gasteiger partial charge in [0.2, 0.25) is 0 Å². The van der Waals surface area contributed by atoms with Crippen LogP contribution in [0.3, 0.4) is 0 Å². The van der Waals surface area contributed by atoms with E-state index in [1.165, 1.54) is 48.8 Å². The first-order valence-corrected chi connectivity index (χ1v) is 11.2. The van der Waals surface area contributed by atoms with E-state index in [1.807, 2.05) is 0 Å². The van der Waals surface area contributed by atoms with Crippen LogP contribution in [0.2, 0.25) is 0 Å². The Morgan fingerprint density at radius 3 is 2.71 bits per heavy atom. The second kappa shape index (κ2) is 5.96. The molecule has 0 aliphatic heterocycles. The summed E-state index contributed by atoms with van der Waals surface area (Å²) in [6.45, 7) is 4.90. The minimum Gasteiger partial charge on any atom is -0.0763 e. The van der Waals surface area contributed by atoms with E-state index >= 15 is 0 Å². The number of allylic oxidation sites excluding steroid dienone is 10. The molecule has 1 aromatic carbocycles. The number of hydrogen-bond donors (Lipinski definition) is 0. The van der Waals surface area contributed by atoms with E-state index in [0.29, 0.717) is 5.92 Å². The Kier molecular flexibility index (Phi) is 3.58. The Labute approximate surface area is 169 Å². The molecule has 4 unspecified atom stereocenters. The zero-order chi connectivity index (χ0) is 18.9. The maximum atomic E-state index is 2.61. The fourth-order valence-electron chi connectivity index (χ4n) is 6.98. The van der Waals surface area contributed by atoms with Crippen molar-refractivity contribution in [3.63, 3.8) is 0 Å². The van der Waals surface area contributed by atoms with Gasteiger partial charge in [0.25, 0.3) is 0 Å². The van der Waals surface area contributed by atoms with E-state index < -0.39 is 0 Å². The molecule has 5 aliphatic rings. The fourth-order valence-corrected chi connectivity index (χ4v) is 6.98. The lowest BCUT2D eigenvalue weighted by Crippen LogP contribution is -2.17. The summed E-state index contributed by atoms with van der Waals surface area (Å²) < 4.78 is 0. The van der Waals surface area contributed by atoms with Crippen LogP contribution in [0.25, 0.3) is 5.57 Å². The van der Waals surface area contributed by atoms with Crippen LogP contribution in [-0.4, -0.2) is 0 Å². The molecular weight excluding hydrogens is 336 g/mol. The van der Waals surface area contributed by atoms with Gasteiger partial charge < -0.3 is 0 Å². The van der Waals surface area contributed by atoms with Crippen molar-refractivity contribution in [3.8, 4) is 0 Å². The van der Waals surface area contributed by atoms with Gasteiger partial charge in [0.15, 0.2) is 0 Å². The Hall–Kier alpha value is -2.08. The first-order chi connectivity index (χ1) is 13.6. The molecule has 2 saturated carbocycles. The second-order valence-corrected chi connectivity index (χ2v) is 10.1. The van der Waals surface area contributed by atoms with E-state index in [0.717, 1.165) is 17.8 Å². The van der Waals surface area contributed by atoms with Crippen molar-refractivity contribution in [1.29, 1.82) is 0 Å². The van der Waals surface area contributed by atoms with Gasteiger partial charge >= 0.3 is 0 Å². The van der Waals surface area contributed by atoms with Crippen LogP contribution < -0.4 is 0 Å². The number of hydrogen-bond acceptors (Lipinski definition) is 0. The first kappa shape index (κ1) is 16.8. The summed E-state index contributed by atoms with van der Waals surface area (Å²) in [7, 11) is 0. The predicted molar refractivity (Wildman–Crippen MR) is 118 cm³/mol. The Morgan fingerprint density at radius 1 is 1.00 bits per heavy atom. The molecule has 0 aromatic heterocycles. The molecule has 0 spiro atoms. The predicted octanol–water partition coefficient (Wildman–Crippen LogP) is 7.38. The van der Waals surface area contributed by atoms with Crippen molar-refractivity contribution in [3.05, 3.63) is 88.6 Å². The highest BCUT2D eigenvalue weighted by Crippen LogP contribution is 2.57. The average molecular weight is 367 g/mol. The van der Waals surface area contributed by atoms with Gasteiger partial charge in [0, 0.05) is 11.3 Å². The molecule has 142 valence electrons. The molecule has 4 atom stereocenters. The molecule has 0 amide bonds. The van der Waals surface area contributed by atoms with Crippen LogP contribution in [0.15, 0.2) is 77.4 Å². The maximum Gasteiger partial charge on any atom is 0.0281 e. The highest BCUT2D eigenvalue weighted by molar-refractivity contribution is 5.87. The Bertz CT molecular complexity index is 991. The first-order valence-electron chi connectivity index (χ1n) is 11.2. The maximum absolute atomic E-state index is 2.61. The molecule has 2 bridgehead atoms. The molecule has 1 aromatic rings. The van der Waals surface area contributed by atoms with Crippen molar-refractivity contribution in [2.24, 2.45) is 23.2 Å². The van der Waals surface area contributed by atoms with Gasteiger partial charge in [0.1, 0.15) is 0 Å². The Balaban J connectivity index is 1.39. The molecule has 0 radical (unpaired) electrons. The zero-order valence-electron chi connectivity index (χ0n) is 17.1. The van der Waals surface area contributed by atoms with Crippen LogP contribution >= 0.6 is 0 Å². The third-order valence-electron chi connectivity index (χ3n) is 8.34. The molecule has 28 heavy (non-hydrogen) atoms. The van der Waals surface area contributed by atoms with Gasteiger partial charge in [-0.25, -0.2) is 0 Å². The lowest BCUT2D eigenvalue weighted by atomic mass is 9.73. The quantitative estimate of drug-likeness (QED) is 0.523. The molecule has 0 heteroatoms. The molecule has 0 nitrogen and oxygen atoms in total. The molecule has 0 heterocycles. The van der Waals surface area contributed by atoms with Gasteiger partial charge in [0.05, 0.1) is 0 Å². The van der Waals surface area contributed by atoms with E-state index in [1.54, 1.807) is 16.7 Å². The third kappa shape index (κ3) is 2.30. The third-order valence-corrected chi connectivity index (χ3v) is 8.34. The van der Waals surface area contributed by atoms with E-state index in [4.69, 9.17) is 0 Å². The summed E-state index contributed by atoms with van der Waals surface area (Å²) >= 11 is 0. The molecule has 0 N–H and O–H groups in total. The molecule has 6 rings (SSSR count). The van der Waals surface area contributed by atoms with Gasteiger partial charge in [-0.05, 0) is 71.3 Å². The molecular formula is C28H30. The summed E-state index contributed by atoms with van der Waals surface area (Å²) in [5.74, 6) is 3.32. The van der Waals surface area contributed by atoms with Crippen LogP contribution in [0.5, 0.6) is 0 Å². The lowest BCUT2D eigenvalue weighted by Gasteiger charge is -2.30. The van der Waals surface area contributed by atoms with Gasteiger partial charge in [-0.1, -0.05) is 86.6 Å². The fraction of sp³-hybridized carbons (Fsp3) is 0.429. The van der Waals surface area contributed by atoms with E-state index in [-0.39, 0.29) is 5.41 Å². The monoisotopic (exact) mass is 366 g/mol. The largest absolute Gasteiger partial charge is 0.0763 e. The smallest absolute Gasteiger partial charge is 0.0281 e. The molecule has 0 saturated heterocycles. The van der Waals surface area contributed by atoms with Crippen molar-refractivity contribution in [2.75, 3.05) is 0 Å². The van der Waals surface area contributed by atoms with Gasteiger partial charge in [-0.15, -0.1) is 0 Å². The van der Waals surface area contributed by atoms with E-state index in [2.05, 4.69) is 74.6 Å². The van der Waals surface area contributed by atoms with Crippen molar-refractivity contribution < 1.29 is 0 Å². The average Bonchev–Trinajstić information content (AvgIpc) is 3.49. The van der Waals surface area contributed by atoms with Crippen molar-refractivity contribution in [1.82, 2.24) is 0 Å². The summed E-state index contributed by atoms with van der Waals surface area (Å²) in [4.78, 5) is 0. The standard InChI is InChI=1S/C28H30/c1-28(2,21-14-13-20(17-21)26-16-18-11-12-19(26)15-18)27-24-9-5-3-7-22(24)23-8-4-6-10-25(23)27/h3-10,14,17-19,22,26H,11-13,15-16H2,1-2H3. The molecule has 5 aliphatic carbocycles. The van der Waals surface area contributed by atoms with Crippen LogP contribution in [0.4, 0.5) is 0 Å². The zero-order valence-corrected chi connectivity index (χ0v) is 17.1. The minimum absolute atomic E-state index is 0.0507. The van der Waals surface area contributed by atoms with Crippen LogP contribution in [-0.2, 0) is 0 Å². The van der Waals surface area contributed by atoms with Crippen molar-refractivity contribution in [2.45, 2.75) is 51.9 Å². The summed E-state index contributed by atoms with van der Waals surface area (Å²) in [6, 6.07) is 9.07. The second-order valence-electron chi connectivity index (χ2n) is 10.1. The normalized spacial score (nSPS) is 32.6. The summed E-state index contributed by atoms with van der Waals surface area (Å²) in [6.07, 6.45) is 21.4. The number of benzene rings is 1. The summed E-state index contributed by atoms with van der Waals surface area (Å²) in [5, 5.41) is 0. The lowest BCUT2D eigenvalue weighted by molar-refractivity contribution is 0.375. The van der Waals surface area contributed by atoms with Crippen LogP contribution in [0.1, 0.15) is 63.0 Å². The SMILES string of the molecule is CC(C)(C1=CCC(C2CC3CCC2C3)=C1)C1=C2C=CC=CC2c2ccccc21. The van der Waals surface area contributed by atoms with Gasteiger partial charge in [-0.2, -0.15) is 0 Å². The van der Waals surface area contributed by atoms with Crippen molar-refractivity contribution >= 4 is 5.57 Å². The van der Waals surface area contributed by atoms with E-state index in [9.17, 15) is 0 Å². The molecule has 2 fully saturated rings. The number of fused-ring (bicyclic) bond motifs is 5. The highest BCUT2D eigenvalue weighted by atomic mass is 14.5. The Morgan fingerprint density at radius 2 is 1.89 bits per heavy atom. The van der Waals surface area contributed by atoms with Gasteiger partial charge in [-0.3, -0.25) is 0 Å². The number of rotatable bonds is 3. The topological polar surface area (TPSA) is 0 Å². The summed E-state index contributed by atoms with van der Waals surface area (Å²) in [5.41, 5.74) is 9.34. The van der Waals surface area contributed by atoms with Crippen LogP contribution in [0, 0.1) is 23.2 Å².